The first-order chi connectivity index (χ1) is 9.20. The van der Waals surface area contributed by atoms with Crippen molar-refractivity contribution in [3.8, 4) is 0 Å². The first-order valence-electron chi connectivity index (χ1n) is 7.72. The molecule has 0 radical (unpaired) electrons. The van der Waals surface area contributed by atoms with Crippen LogP contribution in [-0.4, -0.2) is 24.0 Å². The molecule has 0 spiro atoms. The van der Waals surface area contributed by atoms with Gasteiger partial charge in [-0.2, -0.15) is 0 Å². The Hall–Kier alpha value is -0.860. The molecule has 0 bridgehead atoms. The predicted octanol–water partition coefficient (Wildman–Crippen LogP) is 3.42. The summed E-state index contributed by atoms with van der Waals surface area (Å²) in [4.78, 5) is 2.64. The summed E-state index contributed by atoms with van der Waals surface area (Å²) < 4.78 is 0. The number of piperidine rings is 1. The maximum atomic E-state index is 3.44. The van der Waals surface area contributed by atoms with Gasteiger partial charge < -0.3 is 5.32 Å². The zero-order valence-corrected chi connectivity index (χ0v) is 12.7. The van der Waals surface area contributed by atoms with Gasteiger partial charge >= 0.3 is 0 Å². The third-order valence-corrected chi connectivity index (χ3v) is 4.33. The van der Waals surface area contributed by atoms with E-state index in [1.807, 2.05) is 0 Å². The monoisotopic (exact) mass is 260 g/mol. The molecule has 0 aliphatic carbocycles. The summed E-state index contributed by atoms with van der Waals surface area (Å²) in [6.07, 6.45) is 2.69. The van der Waals surface area contributed by atoms with Crippen molar-refractivity contribution >= 4 is 0 Å². The normalized spacial score (nSPS) is 24.6. The minimum Gasteiger partial charge on any atom is -0.313 e. The van der Waals surface area contributed by atoms with Crippen molar-refractivity contribution < 1.29 is 0 Å². The smallest absolute Gasteiger partial charge is 0.0239 e. The van der Waals surface area contributed by atoms with Gasteiger partial charge in [-0.3, -0.25) is 4.90 Å². The fourth-order valence-electron chi connectivity index (χ4n) is 3.05. The average molecular weight is 260 g/mol. The number of likely N-dealkylation sites (tertiary alicyclic amines) is 1. The maximum absolute atomic E-state index is 3.44. The fourth-order valence-corrected chi connectivity index (χ4v) is 3.05. The van der Waals surface area contributed by atoms with Gasteiger partial charge in [0.25, 0.3) is 0 Å². The van der Waals surface area contributed by atoms with Crippen LogP contribution in [-0.2, 0) is 13.1 Å². The number of nitrogens with zero attached hydrogens (tertiary/aromatic N) is 1. The Kier molecular flexibility index (Phi) is 5.41. The molecule has 1 aromatic carbocycles. The molecule has 2 nitrogen and oxygen atoms in total. The number of nitrogens with one attached hydrogen (secondary N) is 1. The Morgan fingerprint density at radius 1 is 1.21 bits per heavy atom. The molecule has 1 aromatic rings. The first-order valence-corrected chi connectivity index (χ1v) is 7.72. The van der Waals surface area contributed by atoms with Crippen molar-refractivity contribution in [2.75, 3.05) is 13.1 Å². The molecule has 0 saturated carbocycles. The van der Waals surface area contributed by atoms with E-state index in [0.717, 1.165) is 31.6 Å². The second-order valence-electron chi connectivity index (χ2n) is 6.00. The van der Waals surface area contributed by atoms with Gasteiger partial charge in [-0.05, 0) is 49.9 Å². The van der Waals surface area contributed by atoms with E-state index >= 15 is 0 Å². The quantitative estimate of drug-likeness (QED) is 0.872. The molecular weight excluding hydrogens is 232 g/mol. The average Bonchev–Trinajstić information content (AvgIpc) is 2.41. The minimum absolute atomic E-state index is 0.718. The number of hydrogen-bond donors (Lipinski definition) is 1. The van der Waals surface area contributed by atoms with Crippen LogP contribution in [0.1, 0.15) is 44.7 Å². The fraction of sp³-hybridized carbons (Fsp3) is 0.647. The molecule has 1 fully saturated rings. The van der Waals surface area contributed by atoms with E-state index in [4.69, 9.17) is 0 Å². The molecule has 2 heteroatoms. The summed E-state index contributed by atoms with van der Waals surface area (Å²) in [6, 6.07) is 9.59. The maximum Gasteiger partial charge on any atom is 0.0239 e. The molecule has 2 atom stereocenters. The Labute approximate surface area is 118 Å². The Morgan fingerprint density at radius 2 is 1.95 bits per heavy atom. The Morgan fingerprint density at radius 3 is 2.63 bits per heavy atom. The molecule has 2 rings (SSSR count). The van der Waals surface area contributed by atoms with E-state index in [1.54, 1.807) is 0 Å². The molecule has 19 heavy (non-hydrogen) atoms. The van der Waals surface area contributed by atoms with Crippen LogP contribution in [0.3, 0.4) is 0 Å². The summed E-state index contributed by atoms with van der Waals surface area (Å²) in [6.45, 7) is 11.3. The van der Waals surface area contributed by atoms with Gasteiger partial charge in [0, 0.05) is 19.1 Å². The molecule has 1 heterocycles. The highest BCUT2D eigenvalue weighted by Crippen LogP contribution is 2.24. The Balaban J connectivity index is 2.01. The largest absolute Gasteiger partial charge is 0.313 e. The van der Waals surface area contributed by atoms with Crippen LogP contribution in [0.15, 0.2) is 24.3 Å². The highest BCUT2D eigenvalue weighted by Gasteiger charge is 2.23. The lowest BCUT2D eigenvalue weighted by Crippen LogP contribution is -2.39. The predicted molar refractivity (Wildman–Crippen MR) is 82.1 cm³/mol. The van der Waals surface area contributed by atoms with Crippen LogP contribution in [0.5, 0.6) is 0 Å². The van der Waals surface area contributed by atoms with Gasteiger partial charge in [-0.25, -0.2) is 0 Å². The second-order valence-corrected chi connectivity index (χ2v) is 6.00. The van der Waals surface area contributed by atoms with E-state index in [9.17, 15) is 0 Å². The number of rotatable bonds is 5. The van der Waals surface area contributed by atoms with Gasteiger partial charge in [0.15, 0.2) is 0 Å². The summed E-state index contributed by atoms with van der Waals surface area (Å²) in [5, 5.41) is 3.44. The molecule has 0 amide bonds. The number of benzene rings is 1. The second kappa shape index (κ2) is 7.06. The summed E-state index contributed by atoms with van der Waals surface area (Å²) in [5.41, 5.74) is 2.94. The molecule has 1 aliphatic heterocycles. The zero-order chi connectivity index (χ0) is 13.7. The summed E-state index contributed by atoms with van der Waals surface area (Å²) in [5.74, 6) is 0.892. The van der Waals surface area contributed by atoms with Gasteiger partial charge in [-0.15, -0.1) is 0 Å². The van der Waals surface area contributed by atoms with Crippen molar-refractivity contribution in [1.82, 2.24) is 10.2 Å². The van der Waals surface area contributed by atoms with Crippen LogP contribution < -0.4 is 5.32 Å². The minimum atomic E-state index is 0.718. The SMILES string of the molecule is CCNCc1ccccc1CN1CCC(C)CC1C. The Bertz CT molecular complexity index is 389. The summed E-state index contributed by atoms with van der Waals surface area (Å²) in [7, 11) is 0. The van der Waals surface area contributed by atoms with E-state index in [0.29, 0.717) is 0 Å². The molecule has 106 valence electrons. The zero-order valence-electron chi connectivity index (χ0n) is 12.7. The van der Waals surface area contributed by atoms with Crippen molar-refractivity contribution in [3.63, 3.8) is 0 Å². The highest BCUT2D eigenvalue weighted by molar-refractivity contribution is 5.27. The molecule has 1 N–H and O–H groups in total. The van der Waals surface area contributed by atoms with Crippen molar-refractivity contribution in [2.45, 2.75) is 52.7 Å². The third kappa shape index (κ3) is 4.05. The lowest BCUT2D eigenvalue weighted by atomic mass is 9.92. The number of hydrogen-bond acceptors (Lipinski definition) is 2. The van der Waals surface area contributed by atoms with Crippen LogP contribution >= 0.6 is 0 Å². The van der Waals surface area contributed by atoms with Gasteiger partial charge in [0.1, 0.15) is 0 Å². The van der Waals surface area contributed by atoms with E-state index in [-0.39, 0.29) is 0 Å². The van der Waals surface area contributed by atoms with Crippen molar-refractivity contribution in [3.05, 3.63) is 35.4 Å². The standard InChI is InChI=1S/C17H28N2/c1-4-18-12-16-7-5-6-8-17(16)13-19-10-9-14(2)11-15(19)3/h5-8,14-15,18H,4,9-13H2,1-3H3. The van der Waals surface area contributed by atoms with Gasteiger partial charge in [-0.1, -0.05) is 38.1 Å². The van der Waals surface area contributed by atoms with Crippen LogP contribution in [0, 0.1) is 5.92 Å². The molecule has 1 aliphatic rings. The topological polar surface area (TPSA) is 15.3 Å². The summed E-state index contributed by atoms with van der Waals surface area (Å²) >= 11 is 0. The van der Waals surface area contributed by atoms with E-state index in [2.05, 4.69) is 55.3 Å². The lowest BCUT2D eigenvalue weighted by molar-refractivity contribution is 0.122. The van der Waals surface area contributed by atoms with Gasteiger partial charge in [0.05, 0.1) is 0 Å². The van der Waals surface area contributed by atoms with Crippen LogP contribution in [0.4, 0.5) is 0 Å². The third-order valence-electron chi connectivity index (χ3n) is 4.33. The molecular formula is C17H28N2. The van der Waals surface area contributed by atoms with E-state index in [1.165, 1.54) is 30.5 Å². The van der Waals surface area contributed by atoms with Crippen molar-refractivity contribution in [1.29, 1.82) is 0 Å². The van der Waals surface area contributed by atoms with Crippen LogP contribution in [0.25, 0.3) is 0 Å². The van der Waals surface area contributed by atoms with Crippen molar-refractivity contribution in [2.24, 2.45) is 5.92 Å². The molecule has 1 saturated heterocycles. The van der Waals surface area contributed by atoms with Gasteiger partial charge in [0.2, 0.25) is 0 Å². The molecule has 0 aromatic heterocycles. The first kappa shape index (κ1) is 14.5. The molecule has 2 unspecified atom stereocenters. The highest BCUT2D eigenvalue weighted by atomic mass is 15.2. The van der Waals surface area contributed by atoms with Crippen LogP contribution in [0.2, 0.25) is 0 Å². The van der Waals surface area contributed by atoms with E-state index < -0.39 is 0 Å². The lowest BCUT2D eigenvalue weighted by Gasteiger charge is -2.36.